The number of hydrogen-bond acceptors (Lipinski definition) is 6. The molecule has 1 unspecified atom stereocenters. The van der Waals surface area contributed by atoms with Gasteiger partial charge >= 0.3 is 5.91 Å². The third-order valence-electron chi connectivity index (χ3n) is 2.72. The fraction of sp³-hybridized carbons (Fsp3) is 0.364. The second-order valence-corrected chi connectivity index (χ2v) is 4.13. The number of nitrogens with two attached hydrogens (primary N) is 1. The molecular formula is C11H17N4O3+. The van der Waals surface area contributed by atoms with Gasteiger partial charge in [0, 0.05) is 15.8 Å². The molecule has 7 heteroatoms. The van der Waals surface area contributed by atoms with Gasteiger partial charge in [0.1, 0.15) is 10.6 Å². The van der Waals surface area contributed by atoms with E-state index in [0.717, 1.165) is 11.3 Å². The van der Waals surface area contributed by atoms with Crippen LogP contribution < -0.4 is 16.3 Å². The van der Waals surface area contributed by atoms with Crippen molar-refractivity contribution in [2.45, 2.75) is 13.8 Å². The Morgan fingerprint density at radius 3 is 2.89 bits per heavy atom. The Morgan fingerprint density at radius 2 is 2.33 bits per heavy atom. The number of hydroxylamine groups is 1. The van der Waals surface area contributed by atoms with E-state index in [-0.39, 0.29) is 19.1 Å². The van der Waals surface area contributed by atoms with Crippen molar-refractivity contribution in [2.24, 2.45) is 0 Å². The molecule has 1 aliphatic rings. The average Bonchev–Trinajstić information content (AvgIpc) is 3.02. The molecule has 0 saturated carbocycles. The lowest BCUT2D eigenvalue weighted by molar-refractivity contribution is -0.888. The molecule has 1 atom stereocenters. The van der Waals surface area contributed by atoms with E-state index in [9.17, 15) is 4.79 Å². The first kappa shape index (κ1) is 12.8. The second kappa shape index (κ2) is 4.54. The number of carbonyl (C=O) groups excluding carboxylic acids is 1. The van der Waals surface area contributed by atoms with Gasteiger partial charge < -0.3 is 10.8 Å². The minimum absolute atomic E-state index is 0.0782. The Kier molecular flexibility index (Phi) is 3.22. The fourth-order valence-electron chi connectivity index (χ4n) is 1.78. The Labute approximate surface area is 105 Å². The van der Waals surface area contributed by atoms with Gasteiger partial charge in [-0.2, -0.15) is 0 Å². The molecule has 98 valence electrons. The summed E-state index contributed by atoms with van der Waals surface area (Å²) in [5.41, 5.74) is 10.8. The molecule has 18 heavy (non-hydrogen) atoms. The molecule has 0 aliphatic carbocycles. The summed E-state index contributed by atoms with van der Waals surface area (Å²) >= 11 is 0. The van der Waals surface area contributed by atoms with Gasteiger partial charge in [-0.1, -0.05) is 5.43 Å². The zero-order valence-corrected chi connectivity index (χ0v) is 10.4. The largest absolute Gasteiger partial charge is 0.399 e. The number of aryl methyl sites for hydroxylation is 1. The molecule has 1 saturated heterocycles. The molecule has 1 heterocycles. The third kappa shape index (κ3) is 2.04. The zero-order chi connectivity index (χ0) is 13.3. The summed E-state index contributed by atoms with van der Waals surface area (Å²) in [6, 6.07) is 5.33. The van der Waals surface area contributed by atoms with E-state index in [4.69, 9.17) is 15.8 Å². The predicted molar refractivity (Wildman–Crippen MR) is 65.2 cm³/mol. The van der Waals surface area contributed by atoms with Crippen molar-refractivity contribution >= 4 is 17.3 Å². The lowest BCUT2D eigenvalue weighted by Gasteiger charge is -2.08. The lowest BCUT2D eigenvalue weighted by atomic mass is 10.2. The van der Waals surface area contributed by atoms with Crippen molar-refractivity contribution in [3.8, 4) is 0 Å². The molecule has 0 spiro atoms. The van der Waals surface area contributed by atoms with Crippen LogP contribution in [-0.4, -0.2) is 29.0 Å². The highest BCUT2D eigenvalue weighted by molar-refractivity contribution is 5.68. The fourth-order valence-corrected chi connectivity index (χ4v) is 1.78. The minimum Gasteiger partial charge on any atom is -0.399 e. The summed E-state index contributed by atoms with van der Waals surface area (Å²) in [6.07, 6.45) is 0. The monoisotopic (exact) mass is 253 g/mol. The Morgan fingerprint density at radius 1 is 1.61 bits per heavy atom. The first-order chi connectivity index (χ1) is 8.51. The number of benzene rings is 1. The topological polar surface area (TPSA) is 90.9 Å². The molecule has 0 bridgehead atoms. The van der Waals surface area contributed by atoms with Gasteiger partial charge in [0.2, 0.25) is 0 Å². The molecular weight excluding hydrogens is 236 g/mol. The van der Waals surface area contributed by atoms with E-state index in [0.29, 0.717) is 5.69 Å². The van der Waals surface area contributed by atoms with Crippen LogP contribution in [0.4, 0.5) is 11.4 Å². The number of quaternary nitrogens is 1. The van der Waals surface area contributed by atoms with E-state index in [2.05, 4.69) is 5.43 Å². The first-order valence-electron chi connectivity index (χ1n) is 5.64. The van der Waals surface area contributed by atoms with E-state index >= 15 is 0 Å². The Bertz CT molecular complexity index is 479. The van der Waals surface area contributed by atoms with Gasteiger partial charge in [-0.25, -0.2) is 4.79 Å². The molecule has 1 aliphatic heterocycles. The summed E-state index contributed by atoms with van der Waals surface area (Å²) in [5, 5.41) is 10.2. The van der Waals surface area contributed by atoms with Crippen LogP contribution in [0.15, 0.2) is 18.2 Å². The number of anilines is 2. The van der Waals surface area contributed by atoms with Crippen molar-refractivity contribution < 1.29 is 19.7 Å². The maximum absolute atomic E-state index is 11.6. The number of aliphatic hydroxyl groups is 1. The van der Waals surface area contributed by atoms with Crippen molar-refractivity contribution in [3.05, 3.63) is 23.8 Å². The molecule has 1 aromatic rings. The molecule has 0 radical (unpaired) electrons. The number of hydrogen-bond donors (Lipinski definition) is 3. The standard InChI is InChI=1S/C11H17N4O3/c1-8-7-10(12)3-4-11(8)14-15(18-14,9(2)17)13-5-6-16/h3-4,7,13,16H,5-6,12H2,1-2H3/q+1. The van der Waals surface area contributed by atoms with Gasteiger partial charge in [0.25, 0.3) is 0 Å². The average molecular weight is 253 g/mol. The first-order valence-corrected chi connectivity index (χ1v) is 5.64. The summed E-state index contributed by atoms with van der Waals surface area (Å²) in [4.78, 5) is 16.5. The quantitative estimate of drug-likeness (QED) is 0.398. The SMILES string of the molecule is CC(=O)[N+]1(NCCO)ON1c1ccc(N)cc1C. The number of carbonyl (C=O) groups is 1. The van der Waals surface area contributed by atoms with Crippen molar-refractivity contribution in [3.63, 3.8) is 0 Å². The van der Waals surface area contributed by atoms with Crippen LogP contribution in [-0.2, 0) is 9.73 Å². The van der Waals surface area contributed by atoms with Gasteiger partial charge in [-0.05, 0) is 30.7 Å². The predicted octanol–water partition coefficient (Wildman–Crippen LogP) is 0.0190. The minimum atomic E-state index is -0.439. The number of nitrogens with one attached hydrogen (secondary N) is 1. The van der Waals surface area contributed by atoms with Crippen molar-refractivity contribution in [1.82, 2.24) is 5.43 Å². The Hall–Kier alpha value is -1.67. The molecule has 4 N–H and O–H groups in total. The smallest absolute Gasteiger partial charge is 0.392 e. The van der Waals surface area contributed by atoms with Gasteiger partial charge in [-0.15, -0.1) is 0 Å². The van der Waals surface area contributed by atoms with Gasteiger partial charge in [0.15, 0.2) is 0 Å². The van der Waals surface area contributed by atoms with Crippen molar-refractivity contribution in [2.75, 3.05) is 24.1 Å². The highest BCUT2D eigenvalue weighted by atomic mass is 17.1. The van der Waals surface area contributed by atoms with E-state index < -0.39 is 4.86 Å². The lowest BCUT2D eigenvalue weighted by Crippen LogP contribution is -2.49. The number of rotatable bonds is 4. The highest BCUT2D eigenvalue weighted by Gasteiger charge is 2.65. The molecule has 7 nitrogen and oxygen atoms in total. The van der Waals surface area contributed by atoms with Crippen LogP contribution in [0.3, 0.4) is 0 Å². The van der Waals surface area contributed by atoms with E-state index in [1.807, 2.05) is 6.92 Å². The van der Waals surface area contributed by atoms with Crippen LogP contribution in [0.25, 0.3) is 0 Å². The highest BCUT2D eigenvalue weighted by Crippen LogP contribution is 2.37. The maximum atomic E-state index is 11.6. The maximum Gasteiger partial charge on any atom is 0.392 e. The number of amides is 1. The normalized spacial score (nSPS) is 22.1. The van der Waals surface area contributed by atoms with Crippen LogP contribution in [0.5, 0.6) is 0 Å². The third-order valence-corrected chi connectivity index (χ3v) is 2.72. The van der Waals surface area contributed by atoms with Crippen molar-refractivity contribution in [1.29, 1.82) is 0 Å². The summed E-state index contributed by atoms with van der Waals surface area (Å²) in [6.45, 7) is 3.47. The zero-order valence-electron chi connectivity index (χ0n) is 10.4. The van der Waals surface area contributed by atoms with E-state index in [1.165, 1.54) is 12.1 Å². The van der Waals surface area contributed by atoms with E-state index in [1.54, 1.807) is 18.2 Å². The van der Waals surface area contributed by atoms with Crippen LogP contribution in [0.1, 0.15) is 12.5 Å². The summed E-state index contributed by atoms with van der Waals surface area (Å²) < 4.78 is 0. The number of aliphatic hydroxyl groups excluding tert-OH is 1. The number of nitrogen functional groups attached to an aromatic ring is 1. The Balaban J connectivity index is 2.23. The number of nitrogens with zero attached hydrogens (tertiary/aromatic N) is 2. The van der Waals surface area contributed by atoms with Crippen LogP contribution in [0.2, 0.25) is 0 Å². The summed E-state index contributed by atoms with van der Waals surface area (Å²) in [7, 11) is 0. The van der Waals surface area contributed by atoms with Gasteiger partial charge in [-0.3, -0.25) is 0 Å². The van der Waals surface area contributed by atoms with Gasteiger partial charge in [0.05, 0.1) is 20.1 Å². The molecule has 1 amide bonds. The molecule has 0 aromatic heterocycles. The molecule has 1 fully saturated rings. The molecule has 1 aromatic carbocycles. The summed E-state index contributed by atoms with van der Waals surface area (Å²) in [5.74, 6) is -0.223. The van der Waals surface area contributed by atoms with Crippen LogP contribution >= 0.6 is 0 Å². The second-order valence-electron chi connectivity index (χ2n) is 4.13. The van der Waals surface area contributed by atoms with Crippen LogP contribution in [0, 0.1) is 6.92 Å². The molecule has 2 rings (SSSR count).